The second kappa shape index (κ2) is 5.33. The van der Waals surface area contributed by atoms with E-state index >= 15 is 0 Å². The van der Waals surface area contributed by atoms with E-state index < -0.39 is 0 Å². The number of thiophene rings is 1. The van der Waals surface area contributed by atoms with Gasteiger partial charge in [0.15, 0.2) is 0 Å². The number of rotatable bonds is 4. The molecule has 3 rings (SSSR count). The predicted octanol–water partition coefficient (Wildman–Crippen LogP) is 4.33. The molecule has 1 aliphatic rings. The van der Waals surface area contributed by atoms with Crippen molar-refractivity contribution < 1.29 is 0 Å². The first-order valence-electron chi connectivity index (χ1n) is 6.34. The summed E-state index contributed by atoms with van der Waals surface area (Å²) < 4.78 is 3.12. The molecule has 1 saturated carbocycles. The van der Waals surface area contributed by atoms with Gasteiger partial charge in [0, 0.05) is 23.3 Å². The Hall–Kier alpha value is -1.00. The largest absolute Gasteiger partial charge is 0.351 e. The van der Waals surface area contributed by atoms with E-state index in [-0.39, 0.29) is 0 Å². The van der Waals surface area contributed by atoms with Gasteiger partial charge in [-0.05, 0) is 25.0 Å². The third-order valence-electron chi connectivity index (χ3n) is 3.44. The molecule has 18 heavy (non-hydrogen) atoms. The van der Waals surface area contributed by atoms with Crippen molar-refractivity contribution >= 4 is 28.9 Å². The number of hydrogen-bond acceptors (Lipinski definition) is 3. The van der Waals surface area contributed by atoms with Crippen molar-refractivity contribution in [1.82, 2.24) is 9.55 Å². The molecule has 0 bridgehead atoms. The highest BCUT2D eigenvalue weighted by molar-refractivity contribution is 7.16. The van der Waals surface area contributed by atoms with Crippen LogP contribution in [0.3, 0.4) is 0 Å². The van der Waals surface area contributed by atoms with Crippen LogP contribution in [0.1, 0.15) is 36.6 Å². The standard InChI is InChI=1S/C13H16ClN3S/c14-12-6-5-11(18-12)9-16-13-15-7-8-17(13)10-3-1-2-4-10/h5-8,10H,1-4,9H2,(H,15,16). The van der Waals surface area contributed by atoms with Gasteiger partial charge in [0.05, 0.1) is 10.9 Å². The summed E-state index contributed by atoms with van der Waals surface area (Å²) in [5, 5.41) is 3.40. The summed E-state index contributed by atoms with van der Waals surface area (Å²) in [5.41, 5.74) is 0. The van der Waals surface area contributed by atoms with Gasteiger partial charge < -0.3 is 9.88 Å². The summed E-state index contributed by atoms with van der Waals surface area (Å²) in [5.74, 6) is 0.978. The van der Waals surface area contributed by atoms with Crippen molar-refractivity contribution in [2.24, 2.45) is 0 Å². The van der Waals surface area contributed by atoms with Crippen LogP contribution in [-0.4, -0.2) is 9.55 Å². The Balaban J connectivity index is 1.67. The Morgan fingerprint density at radius 1 is 1.39 bits per heavy atom. The zero-order valence-electron chi connectivity index (χ0n) is 10.1. The average molecular weight is 282 g/mol. The molecule has 0 saturated heterocycles. The SMILES string of the molecule is Clc1ccc(CNc2nccn2C2CCCC2)s1. The monoisotopic (exact) mass is 281 g/mol. The predicted molar refractivity (Wildman–Crippen MR) is 76.4 cm³/mol. The first kappa shape index (κ1) is 12.1. The van der Waals surface area contributed by atoms with Crippen molar-refractivity contribution in [3.05, 3.63) is 33.7 Å². The highest BCUT2D eigenvalue weighted by Gasteiger charge is 2.18. The Bertz CT molecular complexity index is 514. The zero-order valence-corrected chi connectivity index (χ0v) is 11.7. The average Bonchev–Trinajstić information content (AvgIpc) is 3.07. The molecule has 1 aliphatic carbocycles. The van der Waals surface area contributed by atoms with E-state index in [0.717, 1.165) is 16.8 Å². The van der Waals surface area contributed by atoms with E-state index in [1.165, 1.54) is 30.6 Å². The molecule has 0 amide bonds. The second-order valence-corrected chi connectivity index (χ2v) is 6.46. The minimum atomic E-state index is 0.627. The molecule has 0 radical (unpaired) electrons. The van der Waals surface area contributed by atoms with Crippen molar-refractivity contribution in [2.75, 3.05) is 5.32 Å². The van der Waals surface area contributed by atoms with Crippen LogP contribution in [0.2, 0.25) is 4.34 Å². The fourth-order valence-corrected chi connectivity index (χ4v) is 3.57. The van der Waals surface area contributed by atoms with E-state index in [2.05, 4.69) is 27.1 Å². The second-order valence-electron chi connectivity index (χ2n) is 4.66. The number of hydrogen-bond donors (Lipinski definition) is 1. The molecule has 3 nitrogen and oxygen atoms in total. The molecule has 96 valence electrons. The highest BCUT2D eigenvalue weighted by atomic mass is 35.5. The summed E-state index contributed by atoms with van der Waals surface area (Å²) in [6, 6.07) is 4.62. The van der Waals surface area contributed by atoms with Crippen molar-refractivity contribution in [3.63, 3.8) is 0 Å². The number of aromatic nitrogens is 2. The lowest BCUT2D eigenvalue weighted by Gasteiger charge is -2.15. The Kier molecular flexibility index (Phi) is 3.57. The van der Waals surface area contributed by atoms with Crippen LogP contribution in [0, 0.1) is 0 Å². The molecule has 0 aromatic carbocycles. The minimum Gasteiger partial charge on any atom is -0.351 e. The Morgan fingerprint density at radius 3 is 2.94 bits per heavy atom. The zero-order chi connectivity index (χ0) is 12.4. The van der Waals surface area contributed by atoms with Gasteiger partial charge >= 0.3 is 0 Å². The molecule has 2 heterocycles. The molecule has 5 heteroatoms. The molecule has 0 unspecified atom stereocenters. The quantitative estimate of drug-likeness (QED) is 0.904. The minimum absolute atomic E-state index is 0.627. The maximum Gasteiger partial charge on any atom is 0.203 e. The fraction of sp³-hybridized carbons (Fsp3) is 0.462. The van der Waals surface area contributed by atoms with E-state index in [0.29, 0.717) is 6.04 Å². The van der Waals surface area contributed by atoms with Crippen molar-refractivity contribution in [3.8, 4) is 0 Å². The number of nitrogens with zero attached hydrogens (tertiary/aromatic N) is 2. The molecule has 1 fully saturated rings. The maximum absolute atomic E-state index is 5.93. The maximum atomic E-state index is 5.93. The first-order valence-corrected chi connectivity index (χ1v) is 7.53. The van der Waals surface area contributed by atoms with Gasteiger partial charge in [-0.1, -0.05) is 24.4 Å². The molecule has 2 aromatic rings. The lowest BCUT2D eigenvalue weighted by Crippen LogP contribution is -2.10. The van der Waals surface area contributed by atoms with Crippen LogP contribution in [0.15, 0.2) is 24.5 Å². The molecule has 0 atom stereocenters. The molecule has 0 spiro atoms. The molecule has 1 N–H and O–H groups in total. The summed E-state index contributed by atoms with van der Waals surface area (Å²) in [7, 11) is 0. The first-order chi connectivity index (χ1) is 8.83. The van der Waals surface area contributed by atoms with E-state index in [9.17, 15) is 0 Å². The Labute approximate surface area is 116 Å². The number of halogens is 1. The third-order valence-corrected chi connectivity index (χ3v) is 4.67. The smallest absolute Gasteiger partial charge is 0.203 e. The van der Waals surface area contributed by atoms with Gasteiger partial charge in [0.2, 0.25) is 5.95 Å². The summed E-state index contributed by atoms with van der Waals surface area (Å²) >= 11 is 7.54. The lowest BCUT2D eigenvalue weighted by molar-refractivity contribution is 0.523. The summed E-state index contributed by atoms with van der Waals surface area (Å²) in [6.07, 6.45) is 9.18. The van der Waals surface area contributed by atoms with Gasteiger partial charge in [-0.15, -0.1) is 11.3 Å². The summed E-state index contributed by atoms with van der Waals surface area (Å²) in [4.78, 5) is 5.64. The summed E-state index contributed by atoms with van der Waals surface area (Å²) in [6.45, 7) is 0.793. The molecular weight excluding hydrogens is 266 g/mol. The van der Waals surface area contributed by atoms with Gasteiger partial charge in [-0.2, -0.15) is 0 Å². The van der Waals surface area contributed by atoms with Gasteiger partial charge in [-0.25, -0.2) is 4.98 Å². The fourth-order valence-electron chi connectivity index (χ4n) is 2.54. The van der Waals surface area contributed by atoms with E-state index in [1.807, 2.05) is 12.3 Å². The lowest BCUT2D eigenvalue weighted by atomic mass is 10.2. The Morgan fingerprint density at radius 2 is 2.22 bits per heavy atom. The van der Waals surface area contributed by atoms with Crippen LogP contribution < -0.4 is 5.32 Å². The molecule has 0 aliphatic heterocycles. The van der Waals surface area contributed by atoms with E-state index in [4.69, 9.17) is 11.6 Å². The normalized spacial score (nSPS) is 16.3. The number of anilines is 1. The third kappa shape index (κ3) is 2.54. The van der Waals surface area contributed by atoms with Crippen molar-refractivity contribution in [2.45, 2.75) is 38.3 Å². The van der Waals surface area contributed by atoms with Crippen molar-refractivity contribution in [1.29, 1.82) is 0 Å². The topological polar surface area (TPSA) is 29.9 Å². The van der Waals surface area contributed by atoms with Crippen LogP contribution in [0.5, 0.6) is 0 Å². The number of nitrogens with one attached hydrogen (secondary N) is 1. The van der Waals surface area contributed by atoms with Crippen LogP contribution in [-0.2, 0) is 6.54 Å². The molecular formula is C13H16ClN3S. The van der Waals surface area contributed by atoms with E-state index in [1.54, 1.807) is 11.3 Å². The van der Waals surface area contributed by atoms with Gasteiger partial charge in [0.1, 0.15) is 0 Å². The van der Waals surface area contributed by atoms with Crippen LogP contribution >= 0.6 is 22.9 Å². The van der Waals surface area contributed by atoms with Gasteiger partial charge in [0.25, 0.3) is 0 Å². The van der Waals surface area contributed by atoms with Crippen LogP contribution in [0.25, 0.3) is 0 Å². The number of imidazole rings is 1. The van der Waals surface area contributed by atoms with Gasteiger partial charge in [-0.3, -0.25) is 0 Å². The highest BCUT2D eigenvalue weighted by Crippen LogP contribution is 2.31. The molecule has 2 aromatic heterocycles. The van der Waals surface area contributed by atoms with Crippen LogP contribution in [0.4, 0.5) is 5.95 Å².